The Morgan fingerprint density at radius 3 is 2.43 bits per heavy atom. The van der Waals surface area contributed by atoms with Crippen molar-refractivity contribution in [1.82, 2.24) is 9.80 Å². The summed E-state index contributed by atoms with van der Waals surface area (Å²) in [7, 11) is 0. The van der Waals surface area contributed by atoms with Gasteiger partial charge in [0.25, 0.3) is 0 Å². The van der Waals surface area contributed by atoms with Gasteiger partial charge in [-0.2, -0.15) is 0 Å². The highest BCUT2D eigenvalue weighted by Crippen LogP contribution is 2.31. The summed E-state index contributed by atoms with van der Waals surface area (Å²) in [6.07, 6.45) is 2.44. The Morgan fingerprint density at radius 2 is 1.87 bits per heavy atom. The number of hydrogen-bond donors (Lipinski definition) is 2. The maximum absolute atomic E-state index is 11.7. The number of ether oxygens (including phenoxy) is 1. The van der Waals surface area contributed by atoms with Gasteiger partial charge in [0, 0.05) is 26.2 Å². The lowest BCUT2D eigenvalue weighted by Gasteiger charge is -2.44. The summed E-state index contributed by atoms with van der Waals surface area (Å²) in [5.41, 5.74) is 4.19. The number of likely N-dealkylation sites (tertiary alicyclic amines) is 2. The van der Waals surface area contributed by atoms with Gasteiger partial charge >= 0.3 is 6.09 Å². The lowest BCUT2D eigenvalue weighted by atomic mass is 9.80. The molecule has 3 N–H and O–H groups in total. The minimum atomic E-state index is -0.821. The third-order valence-corrected chi connectivity index (χ3v) is 5.11. The van der Waals surface area contributed by atoms with Crippen LogP contribution in [0.1, 0.15) is 39.5 Å². The smallest absolute Gasteiger partial charge is 0.409 e. The molecular weight excluding hydrogens is 298 g/mol. The van der Waals surface area contributed by atoms with Gasteiger partial charge in [0.1, 0.15) is 0 Å². The Bertz CT molecular complexity index is 449. The fourth-order valence-electron chi connectivity index (χ4n) is 3.58. The average Bonchev–Trinajstić information content (AvgIpc) is 2.47. The third kappa shape index (κ3) is 4.35. The monoisotopic (exact) mass is 327 g/mol. The molecule has 2 saturated heterocycles. The zero-order chi connectivity index (χ0) is 17.1. The maximum Gasteiger partial charge on any atom is 0.409 e. The molecule has 7 nitrogen and oxygen atoms in total. The molecule has 0 radical (unpaired) electrons. The van der Waals surface area contributed by atoms with Crippen molar-refractivity contribution in [3.8, 4) is 0 Å². The Balaban J connectivity index is 1.88. The largest absolute Gasteiger partial charge is 0.450 e. The van der Waals surface area contributed by atoms with Gasteiger partial charge in [0.05, 0.1) is 17.6 Å². The molecule has 0 aromatic rings. The van der Waals surface area contributed by atoms with E-state index in [2.05, 4.69) is 4.90 Å². The number of primary amides is 1. The number of β-amino-alcohol motifs (C(OH)–C–C–N with tert-alkyl or cyclic N) is 1. The molecule has 2 rings (SSSR count). The molecule has 2 amide bonds. The lowest BCUT2D eigenvalue weighted by Crippen LogP contribution is -2.56. The number of hydrogen-bond acceptors (Lipinski definition) is 5. The summed E-state index contributed by atoms with van der Waals surface area (Å²) in [5, 5.41) is 10.8. The van der Waals surface area contributed by atoms with Gasteiger partial charge < -0.3 is 20.5 Å². The third-order valence-electron chi connectivity index (χ3n) is 5.11. The molecule has 23 heavy (non-hydrogen) atoms. The topological polar surface area (TPSA) is 96.1 Å². The number of nitrogens with two attached hydrogens (primary N) is 1. The van der Waals surface area contributed by atoms with Crippen molar-refractivity contribution in [2.24, 2.45) is 11.1 Å². The number of carbonyl (C=O) groups is 2. The lowest BCUT2D eigenvalue weighted by molar-refractivity contribution is -0.131. The highest BCUT2D eigenvalue weighted by molar-refractivity contribution is 5.80. The Hall–Kier alpha value is -1.34. The standard InChI is InChI=1S/C16H29N3O4/c1-3-23-14(21)19-9-6-16(22,7-10-19)12-18-8-4-5-15(2,11-18)13(17)20/h22H,3-12H2,1-2H3,(H2,17,20)/t15-/m1/s1. The van der Waals surface area contributed by atoms with Crippen LogP contribution in [-0.4, -0.2) is 71.8 Å². The van der Waals surface area contributed by atoms with Gasteiger partial charge in [0.2, 0.25) is 5.91 Å². The van der Waals surface area contributed by atoms with Crippen LogP contribution in [-0.2, 0) is 9.53 Å². The summed E-state index contributed by atoms with van der Waals surface area (Å²) in [5.74, 6) is -0.272. The zero-order valence-corrected chi connectivity index (χ0v) is 14.2. The maximum atomic E-state index is 11.7. The van der Waals surface area contributed by atoms with Gasteiger partial charge in [-0.15, -0.1) is 0 Å². The van der Waals surface area contributed by atoms with E-state index < -0.39 is 11.0 Å². The summed E-state index contributed by atoms with van der Waals surface area (Å²) >= 11 is 0. The number of nitrogens with zero attached hydrogens (tertiary/aromatic N) is 2. The predicted molar refractivity (Wildman–Crippen MR) is 85.8 cm³/mol. The molecule has 0 aromatic carbocycles. The van der Waals surface area contributed by atoms with Crippen molar-refractivity contribution in [3.05, 3.63) is 0 Å². The van der Waals surface area contributed by atoms with Crippen LogP contribution in [0.5, 0.6) is 0 Å². The van der Waals surface area contributed by atoms with E-state index in [4.69, 9.17) is 10.5 Å². The van der Waals surface area contributed by atoms with Gasteiger partial charge in [0.15, 0.2) is 0 Å². The van der Waals surface area contributed by atoms with E-state index in [1.54, 1.807) is 11.8 Å². The summed E-state index contributed by atoms with van der Waals surface area (Å²) in [6.45, 7) is 7.01. The molecule has 0 aromatic heterocycles. The minimum absolute atomic E-state index is 0.272. The molecule has 2 aliphatic heterocycles. The minimum Gasteiger partial charge on any atom is -0.450 e. The van der Waals surface area contributed by atoms with Gasteiger partial charge in [-0.05, 0) is 46.1 Å². The van der Waals surface area contributed by atoms with E-state index in [0.717, 1.165) is 19.4 Å². The average molecular weight is 327 g/mol. The van der Waals surface area contributed by atoms with Gasteiger partial charge in [-0.25, -0.2) is 4.79 Å². The molecule has 0 bridgehead atoms. The Morgan fingerprint density at radius 1 is 1.22 bits per heavy atom. The normalized spacial score (nSPS) is 28.4. The molecule has 132 valence electrons. The van der Waals surface area contributed by atoms with Gasteiger partial charge in [-0.3, -0.25) is 9.69 Å². The van der Waals surface area contributed by atoms with Crippen LogP contribution >= 0.6 is 0 Å². The van der Waals surface area contributed by atoms with Crippen LogP contribution in [0.25, 0.3) is 0 Å². The van der Waals surface area contributed by atoms with Crippen LogP contribution in [0.3, 0.4) is 0 Å². The van der Waals surface area contributed by atoms with Crippen molar-refractivity contribution in [3.63, 3.8) is 0 Å². The summed E-state index contributed by atoms with van der Waals surface area (Å²) in [4.78, 5) is 27.1. The molecule has 0 unspecified atom stereocenters. The van der Waals surface area contributed by atoms with Crippen molar-refractivity contribution >= 4 is 12.0 Å². The van der Waals surface area contributed by atoms with Crippen LogP contribution in [0, 0.1) is 5.41 Å². The second-order valence-electron chi connectivity index (χ2n) is 7.15. The zero-order valence-electron chi connectivity index (χ0n) is 14.2. The number of aliphatic hydroxyl groups is 1. The molecule has 2 fully saturated rings. The van der Waals surface area contributed by atoms with Crippen molar-refractivity contribution < 1.29 is 19.4 Å². The van der Waals surface area contributed by atoms with E-state index in [0.29, 0.717) is 45.6 Å². The molecule has 0 aliphatic carbocycles. The Kier molecular flexibility index (Phi) is 5.52. The van der Waals surface area contributed by atoms with E-state index in [-0.39, 0.29) is 12.0 Å². The Labute approximate surface area is 137 Å². The number of rotatable bonds is 4. The first-order valence-corrected chi connectivity index (χ1v) is 8.44. The number of piperidine rings is 2. The fourth-order valence-corrected chi connectivity index (χ4v) is 3.58. The van der Waals surface area contributed by atoms with E-state index in [1.165, 1.54) is 0 Å². The van der Waals surface area contributed by atoms with Crippen LogP contribution < -0.4 is 5.73 Å². The SMILES string of the molecule is CCOC(=O)N1CCC(O)(CN2CCC[C@@](C)(C(N)=O)C2)CC1. The van der Waals surface area contributed by atoms with Gasteiger partial charge in [-0.1, -0.05) is 0 Å². The number of amides is 2. The number of carbonyl (C=O) groups excluding carboxylic acids is 2. The second-order valence-corrected chi connectivity index (χ2v) is 7.15. The quantitative estimate of drug-likeness (QED) is 0.786. The molecule has 7 heteroatoms. The predicted octanol–water partition coefficient (Wildman–Crippen LogP) is 0.557. The first kappa shape index (κ1) is 18.0. The molecule has 0 saturated carbocycles. The first-order chi connectivity index (χ1) is 10.8. The van der Waals surface area contributed by atoms with Crippen LogP contribution in [0.4, 0.5) is 4.79 Å². The van der Waals surface area contributed by atoms with Crippen molar-refractivity contribution in [2.45, 2.75) is 45.1 Å². The molecular formula is C16H29N3O4. The first-order valence-electron chi connectivity index (χ1n) is 8.44. The summed E-state index contributed by atoms with van der Waals surface area (Å²) in [6, 6.07) is 0. The molecule has 2 heterocycles. The summed E-state index contributed by atoms with van der Waals surface area (Å²) < 4.78 is 5.00. The molecule has 2 aliphatic rings. The molecule has 1 atom stereocenters. The van der Waals surface area contributed by atoms with E-state index in [9.17, 15) is 14.7 Å². The molecule has 0 spiro atoms. The fraction of sp³-hybridized carbons (Fsp3) is 0.875. The van der Waals surface area contributed by atoms with Crippen LogP contribution in [0.2, 0.25) is 0 Å². The second kappa shape index (κ2) is 7.05. The van der Waals surface area contributed by atoms with Crippen LogP contribution in [0.15, 0.2) is 0 Å². The van der Waals surface area contributed by atoms with E-state index >= 15 is 0 Å². The van der Waals surface area contributed by atoms with Crippen molar-refractivity contribution in [1.29, 1.82) is 0 Å². The highest BCUT2D eigenvalue weighted by atomic mass is 16.6. The van der Waals surface area contributed by atoms with Crippen molar-refractivity contribution in [2.75, 3.05) is 39.3 Å². The highest BCUT2D eigenvalue weighted by Gasteiger charge is 2.41. The van der Waals surface area contributed by atoms with E-state index in [1.807, 2.05) is 6.92 Å².